The van der Waals surface area contributed by atoms with Crippen LogP contribution < -0.4 is 18.9 Å². The number of hydrogen-bond acceptors (Lipinski definition) is 7. The number of aromatic amines is 1. The third-order valence-electron chi connectivity index (χ3n) is 6.13. The van der Waals surface area contributed by atoms with Crippen molar-refractivity contribution in [2.24, 2.45) is 5.92 Å². The van der Waals surface area contributed by atoms with Crippen molar-refractivity contribution in [3.8, 4) is 40.5 Å². The molecule has 0 fully saturated rings. The second kappa shape index (κ2) is 8.45. The minimum Gasteiger partial charge on any atom is -0.493 e. The first-order chi connectivity index (χ1) is 16.6. The molecule has 170 valence electrons. The highest BCUT2D eigenvalue weighted by Gasteiger charge is 2.41. The number of nitrogens with one attached hydrogen (secondary N) is 2. The zero-order chi connectivity index (χ0) is 23.8. The Morgan fingerprint density at radius 2 is 1.68 bits per heavy atom. The fourth-order valence-corrected chi connectivity index (χ4v) is 4.52. The monoisotopic (exact) mass is 454 g/mol. The van der Waals surface area contributed by atoms with E-state index in [9.17, 15) is 5.26 Å². The lowest BCUT2D eigenvalue weighted by Gasteiger charge is -2.29. The number of ether oxygens (including phenoxy) is 4. The van der Waals surface area contributed by atoms with E-state index >= 15 is 0 Å². The molecule has 1 aliphatic rings. The van der Waals surface area contributed by atoms with Gasteiger partial charge in [-0.15, -0.1) is 5.10 Å². The maximum absolute atomic E-state index is 10.0. The number of rotatable bonds is 5. The topological polar surface area (TPSA) is 113 Å². The van der Waals surface area contributed by atoms with Gasteiger partial charge in [-0.2, -0.15) is 5.26 Å². The summed E-state index contributed by atoms with van der Waals surface area (Å²) in [6, 6.07) is 20.0. The van der Waals surface area contributed by atoms with Crippen LogP contribution in [0.15, 0.2) is 54.6 Å². The normalized spacial score (nSPS) is 16.9. The van der Waals surface area contributed by atoms with Crippen LogP contribution in [0.3, 0.4) is 0 Å². The summed E-state index contributed by atoms with van der Waals surface area (Å²) in [7, 11) is 4.62. The van der Waals surface area contributed by atoms with Crippen molar-refractivity contribution in [2.75, 3.05) is 21.3 Å². The van der Waals surface area contributed by atoms with E-state index in [0.717, 1.165) is 27.6 Å². The number of nitriles is 1. The molecule has 1 aromatic heterocycles. The maximum Gasteiger partial charge on any atom is 0.244 e. The first-order valence-corrected chi connectivity index (χ1v) is 10.6. The molecule has 2 N–H and O–H groups in total. The summed E-state index contributed by atoms with van der Waals surface area (Å²) >= 11 is 0. The average Bonchev–Trinajstić information content (AvgIpc) is 3.29. The zero-order valence-corrected chi connectivity index (χ0v) is 18.9. The number of methoxy groups -OCH3 is 3. The largest absolute Gasteiger partial charge is 0.493 e. The van der Waals surface area contributed by atoms with Gasteiger partial charge in [-0.1, -0.05) is 36.4 Å². The number of fused-ring (bicyclic) bond motifs is 2. The van der Waals surface area contributed by atoms with E-state index in [1.807, 2.05) is 30.3 Å². The molecular formula is C26H22N4O4. The van der Waals surface area contributed by atoms with Crippen LogP contribution in [0.5, 0.6) is 23.1 Å². The summed E-state index contributed by atoms with van der Waals surface area (Å²) in [5.74, 6) is 0.0744. The van der Waals surface area contributed by atoms with Gasteiger partial charge in [0.05, 0.1) is 38.7 Å². The molecule has 8 heteroatoms. The summed E-state index contributed by atoms with van der Waals surface area (Å²) in [5, 5.41) is 28.0. The van der Waals surface area contributed by atoms with Gasteiger partial charge in [0, 0.05) is 11.5 Å². The molecule has 0 saturated carbocycles. The molecule has 2 unspecified atom stereocenters. The molecule has 34 heavy (non-hydrogen) atoms. The van der Waals surface area contributed by atoms with Gasteiger partial charge >= 0.3 is 0 Å². The van der Waals surface area contributed by atoms with Gasteiger partial charge in [-0.05, 0) is 34.5 Å². The molecule has 4 aromatic rings. The minimum atomic E-state index is -0.868. The standard InChI is InChI=1S/C26H22N4O4/c1-31-19-11-17(12-20(32-2)24(19)33-3)21-18(13-27)25(28)34-26-22(21)23(29-30-26)16-9-8-14-6-4-5-7-15(14)10-16/h4-12,18,21,28H,1-3H3,(H,29,30). The van der Waals surface area contributed by atoms with Crippen LogP contribution in [-0.2, 0) is 0 Å². The Bertz CT molecular complexity index is 1430. The number of aromatic nitrogens is 2. The highest BCUT2D eigenvalue weighted by molar-refractivity contribution is 5.90. The first-order valence-electron chi connectivity index (χ1n) is 10.6. The fourth-order valence-electron chi connectivity index (χ4n) is 4.52. The summed E-state index contributed by atoms with van der Waals surface area (Å²) in [6.45, 7) is 0. The number of hydrogen-bond donors (Lipinski definition) is 2. The summed E-state index contributed by atoms with van der Waals surface area (Å²) in [4.78, 5) is 0. The number of nitrogens with zero attached hydrogens (tertiary/aromatic N) is 2. The molecule has 3 aromatic carbocycles. The molecule has 0 radical (unpaired) electrons. The van der Waals surface area contributed by atoms with Crippen LogP contribution in [0, 0.1) is 22.7 Å². The van der Waals surface area contributed by atoms with E-state index in [0.29, 0.717) is 22.8 Å². The van der Waals surface area contributed by atoms with Gasteiger partial charge in [-0.3, -0.25) is 10.5 Å². The van der Waals surface area contributed by atoms with Crippen molar-refractivity contribution >= 4 is 16.7 Å². The van der Waals surface area contributed by atoms with E-state index in [1.54, 1.807) is 26.4 Å². The van der Waals surface area contributed by atoms with Crippen LogP contribution in [0.25, 0.3) is 22.0 Å². The predicted octanol–water partition coefficient (Wildman–Crippen LogP) is 4.90. The van der Waals surface area contributed by atoms with E-state index < -0.39 is 11.8 Å². The van der Waals surface area contributed by atoms with Gasteiger partial charge in [0.15, 0.2) is 11.5 Å². The third kappa shape index (κ3) is 3.30. The molecule has 8 nitrogen and oxygen atoms in total. The molecule has 1 aliphatic heterocycles. The Balaban J connectivity index is 1.74. The van der Waals surface area contributed by atoms with Crippen molar-refractivity contribution in [1.82, 2.24) is 10.2 Å². The molecule has 0 aliphatic carbocycles. The van der Waals surface area contributed by atoms with Crippen LogP contribution in [0.1, 0.15) is 17.0 Å². The molecule has 0 saturated heterocycles. The van der Waals surface area contributed by atoms with Gasteiger partial charge in [-0.25, -0.2) is 0 Å². The van der Waals surface area contributed by atoms with Crippen LogP contribution in [0.2, 0.25) is 0 Å². The van der Waals surface area contributed by atoms with Gasteiger partial charge < -0.3 is 18.9 Å². The summed E-state index contributed by atoms with van der Waals surface area (Å²) in [5.41, 5.74) is 3.05. The molecule has 2 heterocycles. The van der Waals surface area contributed by atoms with Gasteiger partial charge in [0.25, 0.3) is 0 Å². The van der Waals surface area contributed by atoms with E-state index in [2.05, 4.69) is 28.4 Å². The predicted molar refractivity (Wildman–Crippen MR) is 127 cm³/mol. The van der Waals surface area contributed by atoms with E-state index in [1.165, 1.54) is 7.11 Å². The van der Waals surface area contributed by atoms with Crippen LogP contribution >= 0.6 is 0 Å². The van der Waals surface area contributed by atoms with E-state index in [-0.39, 0.29) is 11.8 Å². The van der Waals surface area contributed by atoms with Gasteiger partial charge in [0.1, 0.15) is 5.92 Å². The Kier molecular flexibility index (Phi) is 5.30. The SMILES string of the molecule is COc1cc(C2c3c(n[nH]c3-c3ccc4ccccc4c3)OC(=N)C2C#N)cc(OC)c1OC. The molecule has 0 amide bonds. The minimum absolute atomic E-state index is 0.162. The molecule has 0 spiro atoms. The Hall–Kier alpha value is -4.51. The Morgan fingerprint density at radius 3 is 2.32 bits per heavy atom. The average molecular weight is 454 g/mol. The van der Waals surface area contributed by atoms with Crippen molar-refractivity contribution in [3.63, 3.8) is 0 Å². The van der Waals surface area contributed by atoms with E-state index in [4.69, 9.17) is 24.4 Å². The highest BCUT2D eigenvalue weighted by Crippen LogP contribution is 2.49. The summed E-state index contributed by atoms with van der Waals surface area (Å²) in [6.07, 6.45) is 0. The molecule has 2 atom stereocenters. The number of H-pyrrole nitrogens is 1. The lowest BCUT2D eigenvalue weighted by atomic mass is 9.78. The number of benzene rings is 3. The molecule has 0 bridgehead atoms. The molecule has 5 rings (SSSR count). The first kappa shape index (κ1) is 21.3. The van der Waals surface area contributed by atoms with Crippen molar-refractivity contribution in [2.45, 2.75) is 5.92 Å². The highest BCUT2D eigenvalue weighted by atomic mass is 16.5. The Morgan fingerprint density at radius 1 is 0.971 bits per heavy atom. The van der Waals surface area contributed by atoms with Crippen LogP contribution in [-0.4, -0.2) is 37.4 Å². The smallest absolute Gasteiger partial charge is 0.244 e. The second-order valence-corrected chi connectivity index (χ2v) is 7.89. The van der Waals surface area contributed by atoms with Crippen molar-refractivity contribution in [1.29, 1.82) is 10.7 Å². The summed E-state index contributed by atoms with van der Waals surface area (Å²) < 4.78 is 22.2. The quantitative estimate of drug-likeness (QED) is 0.444. The second-order valence-electron chi connectivity index (χ2n) is 7.89. The van der Waals surface area contributed by atoms with Gasteiger partial charge in [0.2, 0.25) is 17.5 Å². The Labute approximate surface area is 196 Å². The zero-order valence-electron chi connectivity index (χ0n) is 18.9. The van der Waals surface area contributed by atoms with Crippen molar-refractivity contribution < 1.29 is 18.9 Å². The fraction of sp³-hybridized carbons (Fsp3) is 0.192. The molecular weight excluding hydrogens is 432 g/mol. The lowest BCUT2D eigenvalue weighted by Crippen LogP contribution is -2.31. The van der Waals surface area contributed by atoms with Crippen LogP contribution in [0.4, 0.5) is 0 Å². The lowest BCUT2D eigenvalue weighted by molar-refractivity contribution is 0.323. The van der Waals surface area contributed by atoms with Crippen molar-refractivity contribution in [3.05, 3.63) is 65.7 Å². The maximum atomic E-state index is 10.0. The third-order valence-corrected chi connectivity index (χ3v) is 6.13.